The van der Waals surface area contributed by atoms with Crippen LogP contribution in [-0.2, 0) is 0 Å². The Bertz CT molecular complexity index is 1520. The van der Waals surface area contributed by atoms with Gasteiger partial charge in [-0.2, -0.15) is 0 Å². The Hall–Kier alpha value is -4.45. The van der Waals surface area contributed by atoms with E-state index in [0.29, 0.717) is 46.5 Å². The summed E-state index contributed by atoms with van der Waals surface area (Å²) in [5.74, 6) is -0.183. The molecule has 4 aromatic rings. The van der Waals surface area contributed by atoms with Gasteiger partial charge >= 0.3 is 0 Å². The molecule has 0 bridgehead atoms. The van der Waals surface area contributed by atoms with Crippen LogP contribution in [0.5, 0.6) is 5.75 Å². The number of aryl methyl sites for hydroxylation is 3. The summed E-state index contributed by atoms with van der Waals surface area (Å²) in [7, 11) is 1.58. The van der Waals surface area contributed by atoms with Gasteiger partial charge in [0.2, 0.25) is 0 Å². The molecule has 4 aromatic carbocycles. The maximum Gasteiger partial charge on any atom is 0.261 e. The zero-order valence-electron chi connectivity index (χ0n) is 22.1. The summed E-state index contributed by atoms with van der Waals surface area (Å²) in [6.45, 7) is 6.38. The van der Waals surface area contributed by atoms with E-state index in [2.05, 4.69) is 0 Å². The van der Waals surface area contributed by atoms with Crippen LogP contribution < -0.4 is 9.64 Å². The Morgan fingerprint density at radius 3 is 2.05 bits per heavy atom. The number of ether oxygens (including phenoxy) is 1. The minimum atomic E-state index is -0.306. The van der Waals surface area contributed by atoms with Crippen molar-refractivity contribution in [3.8, 4) is 5.75 Å². The summed E-state index contributed by atoms with van der Waals surface area (Å²) >= 11 is 0. The number of methoxy groups -OCH3 is 1. The zero-order chi connectivity index (χ0) is 27.0. The molecule has 0 radical (unpaired) electrons. The quantitative estimate of drug-likeness (QED) is 0.284. The Kier molecular flexibility index (Phi) is 6.72. The van der Waals surface area contributed by atoms with Gasteiger partial charge in [0.1, 0.15) is 5.75 Å². The molecule has 38 heavy (non-hydrogen) atoms. The van der Waals surface area contributed by atoms with Crippen LogP contribution in [0.15, 0.2) is 72.8 Å². The van der Waals surface area contributed by atoms with Crippen molar-refractivity contribution in [1.29, 1.82) is 0 Å². The van der Waals surface area contributed by atoms with Crippen molar-refractivity contribution < 1.29 is 19.1 Å². The second-order valence-corrected chi connectivity index (χ2v) is 9.83. The van der Waals surface area contributed by atoms with Gasteiger partial charge in [0, 0.05) is 35.2 Å². The smallest absolute Gasteiger partial charge is 0.261 e. The normalized spacial score (nSPS) is 12.7. The lowest BCUT2D eigenvalue weighted by Crippen LogP contribution is -2.42. The van der Waals surface area contributed by atoms with E-state index in [-0.39, 0.29) is 24.3 Å². The van der Waals surface area contributed by atoms with E-state index in [1.54, 1.807) is 24.1 Å². The molecular formula is C32H30N2O4. The maximum absolute atomic E-state index is 13.8. The van der Waals surface area contributed by atoms with Gasteiger partial charge in [-0.1, -0.05) is 47.5 Å². The highest BCUT2D eigenvalue weighted by molar-refractivity contribution is 6.25. The number of carbonyl (C=O) groups is 3. The number of benzene rings is 4. The van der Waals surface area contributed by atoms with E-state index < -0.39 is 0 Å². The SMILES string of the molecule is COc1cc(C)ccc1N(CCCN1C(=O)c2cccc3cccc(c23)C1=O)C(=O)c1cc(C)cc(C)c1. The monoisotopic (exact) mass is 506 g/mol. The minimum absolute atomic E-state index is 0.162. The molecule has 0 unspecified atom stereocenters. The van der Waals surface area contributed by atoms with Crippen LogP contribution >= 0.6 is 0 Å². The molecule has 1 aliphatic heterocycles. The lowest BCUT2D eigenvalue weighted by molar-refractivity contribution is 0.0610. The fraction of sp³-hybridized carbons (Fsp3) is 0.219. The van der Waals surface area contributed by atoms with Crippen LogP contribution in [0.1, 0.15) is 54.2 Å². The van der Waals surface area contributed by atoms with Crippen molar-refractivity contribution in [1.82, 2.24) is 4.90 Å². The molecule has 0 saturated heterocycles. The Labute approximate surface area is 222 Å². The van der Waals surface area contributed by atoms with Crippen LogP contribution in [-0.4, -0.2) is 42.8 Å². The van der Waals surface area contributed by atoms with Crippen molar-refractivity contribution in [2.75, 3.05) is 25.1 Å². The first-order valence-electron chi connectivity index (χ1n) is 12.7. The van der Waals surface area contributed by atoms with Crippen molar-refractivity contribution in [3.63, 3.8) is 0 Å². The van der Waals surface area contributed by atoms with Crippen molar-refractivity contribution >= 4 is 34.2 Å². The average Bonchev–Trinajstić information content (AvgIpc) is 2.90. The van der Waals surface area contributed by atoms with E-state index in [9.17, 15) is 14.4 Å². The summed E-state index contributed by atoms with van der Waals surface area (Å²) in [6.07, 6.45) is 0.406. The van der Waals surface area contributed by atoms with E-state index >= 15 is 0 Å². The van der Waals surface area contributed by atoms with Gasteiger partial charge in [-0.25, -0.2) is 0 Å². The van der Waals surface area contributed by atoms with E-state index in [1.165, 1.54) is 4.90 Å². The van der Waals surface area contributed by atoms with Crippen LogP contribution in [0.3, 0.4) is 0 Å². The standard InChI is InChI=1S/C32H30N2O4/c1-20-12-13-27(28(19-20)38-4)33(30(35)24-17-21(2)16-22(3)18-24)14-7-15-34-31(36)25-10-5-8-23-9-6-11-26(29(23)25)32(34)37/h5-6,8-13,16-19H,7,14-15H2,1-4H3. The second-order valence-electron chi connectivity index (χ2n) is 9.83. The van der Waals surface area contributed by atoms with Gasteiger partial charge in [-0.05, 0) is 74.5 Å². The van der Waals surface area contributed by atoms with Crippen LogP contribution in [0, 0.1) is 20.8 Å². The second kappa shape index (κ2) is 10.1. The van der Waals surface area contributed by atoms with Gasteiger partial charge in [0.05, 0.1) is 12.8 Å². The molecule has 0 fully saturated rings. The summed E-state index contributed by atoms with van der Waals surface area (Å²) in [6, 6.07) is 22.5. The number of anilines is 1. The number of rotatable bonds is 7. The number of nitrogens with zero attached hydrogens (tertiary/aromatic N) is 2. The summed E-state index contributed by atoms with van der Waals surface area (Å²) in [5.41, 5.74) is 5.30. The fourth-order valence-electron chi connectivity index (χ4n) is 5.26. The van der Waals surface area contributed by atoms with E-state index in [1.807, 2.05) is 81.4 Å². The fourth-order valence-corrected chi connectivity index (χ4v) is 5.26. The van der Waals surface area contributed by atoms with E-state index in [4.69, 9.17) is 4.74 Å². The van der Waals surface area contributed by atoms with Gasteiger partial charge < -0.3 is 9.64 Å². The van der Waals surface area contributed by atoms with Crippen molar-refractivity contribution in [2.45, 2.75) is 27.2 Å². The highest BCUT2D eigenvalue weighted by Gasteiger charge is 2.32. The van der Waals surface area contributed by atoms with Gasteiger partial charge in [0.25, 0.3) is 17.7 Å². The highest BCUT2D eigenvalue weighted by Crippen LogP contribution is 2.32. The van der Waals surface area contributed by atoms with Crippen LogP contribution in [0.2, 0.25) is 0 Å². The van der Waals surface area contributed by atoms with Gasteiger partial charge in [0.15, 0.2) is 0 Å². The van der Waals surface area contributed by atoms with Crippen molar-refractivity contribution in [3.05, 3.63) is 106 Å². The number of imide groups is 1. The minimum Gasteiger partial charge on any atom is -0.495 e. The van der Waals surface area contributed by atoms with Crippen molar-refractivity contribution in [2.24, 2.45) is 0 Å². The topological polar surface area (TPSA) is 66.9 Å². The molecule has 0 saturated carbocycles. The third kappa shape index (κ3) is 4.54. The van der Waals surface area contributed by atoms with E-state index in [0.717, 1.165) is 22.1 Å². The number of hydrogen-bond donors (Lipinski definition) is 0. The molecule has 1 heterocycles. The third-order valence-corrected chi connectivity index (χ3v) is 6.96. The summed E-state index contributed by atoms with van der Waals surface area (Å²) < 4.78 is 5.63. The first-order chi connectivity index (χ1) is 18.3. The zero-order valence-corrected chi connectivity index (χ0v) is 22.1. The molecule has 6 heteroatoms. The summed E-state index contributed by atoms with van der Waals surface area (Å²) in [5, 5.41) is 1.58. The first-order valence-corrected chi connectivity index (χ1v) is 12.7. The van der Waals surface area contributed by atoms with Gasteiger partial charge in [-0.3, -0.25) is 19.3 Å². The Morgan fingerprint density at radius 1 is 0.816 bits per heavy atom. The van der Waals surface area contributed by atoms with Crippen LogP contribution in [0.25, 0.3) is 10.8 Å². The molecule has 0 spiro atoms. The number of amides is 3. The third-order valence-electron chi connectivity index (χ3n) is 6.96. The molecule has 0 aromatic heterocycles. The number of carbonyl (C=O) groups excluding carboxylic acids is 3. The first kappa shape index (κ1) is 25.2. The lowest BCUT2D eigenvalue weighted by atomic mass is 9.94. The maximum atomic E-state index is 13.8. The average molecular weight is 507 g/mol. The molecule has 192 valence electrons. The van der Waals surface area contributed by atoms with Gasteiger partial charge in [-0.15, -0.1) is 0 Å². The van der Waals surface area contributed by atoms with Crippen LogP contribution in [0.4, 0.5) is 5.69 Å². The predicted molar refractivity (Wildman–Crippen MR) is 149 cm³/mol. The molecule has 1 aliphatic rings. The number of hydrogen-bond acceptors (Lipinski definition) is 4. The highest BCUT2D eigenvalue weighted by atomic mass is 16.5. The molecule has 0 N–H and O–H groups in total. The Morgan fingerprint density at radius 2 is 1.45 bits per heavy atom. The molecule has 0 atom stereocenters. The molecular weight excluding hydrogens is 476 g/mol. The summed E-state index contributed by atoms with van der Waals surface area (Å²) in [4.78, 5) is 43.5. The molecule has 6 nitrogen and oxygen atoms in total. The lowest BCUT2D eigenvalue weighted by Gasteiger charge is -2.29. The largest absolute Gasteiger partial charge is 0.495 e. The Balaban J connectivity index is 1.44. The molecule has 3 amide bonds. The predicted octanol–water partition coefficient (Wildman–Crippen LogP) is 6.11. The molecule has 5 rings (SSSR count). The molecule has 0 aliphatic carbocycles.